The quantitative estimate of drug-likeness (QED) is 0.858. The molecule has 0 aromatic heterocycles. The number of rotatable bonds is 4. The number of hydrogen-bond acceptors (Lipinski definition) is 1. The normalized spacial score (nSPS) is 15.8. The summed E-state index contributed by atoms with van der Waals surface area (Å²) in [5.41, 5.74) is 0.745. The predicted molar refractivity (Wildman–Crippen MR) is 72.9 cm³/mol. The van der Waals surface area contributed by atoms with Crippen molar-refractivity contribution in [1.29, 1.82) is 0 Å². The molecule has 0 aliphatic heterocycles. The number of carbonyl (C=O) groups excluding carboxylic acids is 1. The van der Waals surface area contributed by atoms with Crippen molar-refractivity contribution in [3.05, 3.63) is 47.9 Å². The zero-order valence-corrected chi connectivity index (χ0v) is 10.9. The zero-order valence-electron chi connectivity index (χ0n) is 10.9. The third kappa shape index (κ3) is 4.73. The van der Waals surface area contributed by atoms with Gasteiger partial charge in [0.25, 0.3) is 0 Å². The molecule has 0 bridgehead atoms. The molecule has 1 aromatic rings. The molecular weight excluding hydrogens is 243 g/mol. The molecule has 2 N–H and O–H groups in total. The molecule has 1 aliphatic carbocycles. The van der Waals surface area contributed by atoms with E-state index in [9.17, 15) is 9.18 Å². The Morgan fingerprint density at radius 1 is 1.37 bits per heavy atom. The van der Waals surface area contributed by atoms with Crippen molar-refractivity contribution in [1.82, 2.24) is 10.6 Å². The topological polar surface area (TPSA) is 41.1 Å². The van der Waals surface area contributed by atoms with Gasteiger partial charge in [-0.15, -0.1) is 0 Å². The lowest BCUT2D eigenvalue weighted by atomic mass is 10.1. The molecule has 1 aliphatic rings. The van der Waals surface area contributed by atoms with Crippen LogP contribution in [0.15, 0.2) is 36.5 Å². The van der Waals surface area contributed by atoms with E-state index in [0.29, 0.717) is 12.5 Å². The van der Waals surface area contributed by atoms with Crippen LogP contribution in [0, 0.1) is 11.7 Å². The van der Waals surface area contributed by atoms with Crippen LogP contribution < -0.4 is 10.6 Å². The first-order chi connectivity index (χ1) is 9.24. The van der Waals surface area contributed by atoms with Crippen molar-refractivity contribution in [3.8, 4) is 0 Å². The van der Waals surface area contributed by atoms with Crippen molar-refractivity contribution < 1.29 is 9.18 Å². The van der Waals surface area contributed by atoms with Gasteiger partial charge in [0, 0.05) is 12.7 Å². The minimum absolute atomic E-state index is 0.265. The second kappa shape index (κ2) is 6.92. The molecular formula is C15H19FN2O. The average Bonchev–Trinajstić information content (AvgIpc) is 2.90. The summed E-state index contributed by atoms with van der Waals surface area (Å²) in [6.07, 6.45) is 8.74. The SMILES string of the molecule is O=C(N/C=C/C1CCCC1)NCc1cccc(F)c1. The molecule has 2 amide bonds. The Morgan fingerprint density at radius 2 is 2.16 bits per heavy atom. The Labute approximate surface area is 112 Å². The van der Waals surface area contributed by atoms with Gasteiger partial charge < -0.3 is 10.6 Å². The number of halogens is 1. The van der Waals surface area contributed by atoms with Crippen molar-refractivity contribution in [2.45, 2.75) is 32.2 Å². The largest absolute Gasteiger partial charge is 0.334 e. The van der Waals surface area contributed by atoms with Crippen LogP contribution >= 0.6 is 0 Å². The Balaban J connectivity index is 1.69. The summed E-state index contributed by atoms with van der Waals surface area (Å²) in [6.45, 7) is 0.320. The van der Waals surface area contributed by atoms with E-state index in [-0.39, 0.29) is 11.8 Å². The molecule has 1 aromatic carbocycles. The maximum absolute atomic E-state index is 12.9. The average molecular weight is 262 g/mol. The molecule has 2 rings (SSSR count). The highest BCUT2D eigenvalue weighted by molar-refractivity contribution is 5.74. The summed E-state index contributed by atoms with van der Waals surface area (Å²) in [6, 6.07) is 5.93. The lowest BCUT2D eigenvalue weighted by Gasteiger charge is -2.05. The standard InChI is InChI=1S/C15H19FN2O/c16-14-7-3-6-13(10-14)11-18-15(19)17-9-8-12-4-1-2-5-12/h3,6-10,12H,1-2,4-5,11H2,(H2,17,18,19)/b9-8+. The maximum Gasteiger partial charge on any atom is 0.319 e. The second-order valence-electron chi connectivity index (χ2n) is 4.86. The number of benzene rings is 1. The summed E-state index contributed by atoms with van der Waals surface area (Å²) in [4.78, 5) is 11.5. The molecule has 0 saturated heterocycles. The number of nitrogens with one attached hydrogen (secondary N) is 2. The Morgan fingerprint density at radius 3 is 2.89 bits per heavy atom. The van der Waals surface area contributed by atoms with Gasteiger partial charge in [0.05, 0.1) is 0 Å². The molecule has 0 heterocycles. The third-order valence-corrected chi connectivity index (χ3v) is 3.32. The third-order valence-electron chi connectivity index (χ3n) is 3.32. The number of urea groups is 1. The highest BCUT2D eigenvalue weighted by Gasteiger charge is 2.11. The van der Waals surface area contributed by atoms with E-state index in [1.54, 1.807) is 18.3 Å². The van der Waals surface area contributed by atoms with Crippen molar-refractivity contribution in [2.75, 3.05) is 0 Å². The Hall–Kier alpha value is -1.84. The van der Waals surface area contributed by atoms with Crippen LogP contribution in [-0.2, 0) is 6.54 Å². The van der Waals surface area contributed by atoms with Gasteiger partial charge in [-0.2, -0.15) is 0 Å². The van der Waals surface area contributed by atoms with Crippen LogP contribution in [0.2, 0.25) is 0 Å². The van der Waals surface area contributed by atoms with Crippen LogP contribution in [0.5, 0.6) is 0 Å². The van der Waals surface area contributed by atoms with Gasteiger partial charge in [0.2, 0.25) is 0 Å². The van der Waals surface area contributed by atoms with E-state index in [0.717, 1.165) is 5.56 Å². The van der Waals surface area contributed by atoms with Crippen LogP contribution in [0.3, 0.4) is 0 Å². The van der Waals surface area contributed by atoms with Crippen LogP contribution in [0.4, 0.5) is 9.18 Å². The van der Waals surface area contributed by atoms with Gasteiger partial charge in [0.15, 0.2) is 0 Å². The van der Waals surface area contributed by atoms with Gasteiger partial charge in [-0.05, 0) is 36.5 Å². The number of carbonyl (C=O) groups is 1. The summed E-state index contributed by atoms with van der Waals surface area (Å²) in [5.74, 6) is 0.310. The molecule has 0 unspecified atom stereocenters. The van der Waals surface area contributed by atoms with Gasteiger partial charge in [0.1, 0.15) is 5.82 Å². The van der Waals surface area contributed by atoms with Crippen LogP contribution in [0.1, 0.15) is 31.2 Å². The molecule has 0 spiro atoms. The lowest BCUT2D eigenvalue weighted by Crippen LogP contribution is -2.31. The fourth-order valence-corrected chi connectivity index (χ4v) is 2.29. The monoisotopic (exact) mass is 262 g/mol. The molecule has 19 heavy (non-hydrogen) atoms. The highest BCUT2D eigenvalue weighted by atomic mass is 19.1. The Kier molecular flexibility index (Phi) is 4.95. The van der Waals surface area contributed by atoms with E-state index in [2.05, 4.69) is 16.7 Å². The molecule has 0 atom stereocenters. The Bertz CT molecular complexity index is 453. The number of amides is 2. The highest BCUT2D eigenvalue weighted by Crippen LogP contribution is 2.25. The smallest absolute Gasteiger partial charge is 0.319 e. The minimum Gasteiger partial charge on any atom is -0.334 e. The molecule has 102 valence electrons. The molecule has 1 fully saturated rings. The van der Waals surface area contributed by atoms with E-state index in [1.165, 1.54) is 37.8 Å². The summed E-state index contributed by atoms with van der Waals surface area (Å²) in [5, 5.41) is 5.35. The zero-order chi connectivity index (χ0) is 13.5. The van der Waals surface area contributed by atoms with Crippen molar-refractivity contribution >= 4 is 6.03 Å². The van der Waals surface area contributed by atoms with Crippen LogP contribution in [0.25, 0.3) is 0 Å². The summed E-state index contributed by atoms with van der Waals surface area (Å²) in [7, 11) is 0. The van der Waals surface area contributed by atoms with Crippen LogP contribution in [-0.4, -0.2) is 6.03 Å². The van der Waals surface area contributed by atoms with Gasteiger partial charge >= 0.3 is 6.03 Å². The maximum atomic E-state index is 12.9. The fraction of sp³-hybridized carbons (Fsp3) is 0.400. The first-order valence-corrected chi connectivity index (χ1v) is 6.69. The minimum atomic E-state index is -0.291. The van der Waals surface area contributed by atoms with Crippen molar-refractivity contribution in [3.63, 3.8) is 0 Å². The first-order valence-electron chi connectivity index (χ1n) is 6.69. The first kappa shape index (κ1) is 13.6. The fourth-order valence-electron chi connectivity index (χ4n) is 2.29. The molecule has 4 heteroatoms. The number of allylic oxidation sites excluding steroid dienone is 1. The van der Waals surface area contributed by atoms with Gasteiger partial charge in [-0.3, -0.25) is 0 Å². The van der Waals surface area contributed by atoms with Gasteiger partial charge in [-0.25, -0.2) is 9.18 Å². The van der Waals surface area contributed by atoms with E-state index in [1.807, 2.05) is 0 Å². The second-order valence-corrected chi connectivity index (χ2v) is 4.86. The van der Waals surface area contributed by atoms with Crippen molar-refractivity contribution in [2.24, 2.45) is 5.92 Å². The van der Waals surface area contributed by atoms with Gasteiger partial charge in [-0.1, -0.05) is 31.1 Å². The summed E-state index contributed by atoms with van der Waals surface area (Å²) >= 11 is 0. The molecule has 0 radical (unpaired) electrons. The lowest BCUT2D eigenvalue weighted by molar-refractivity contribution is 0.243. The summed E-state index contributed by atoms with van der Waals surface area (Å²) < 4.78 is 12.9. The van der Waals surface area contributed by atoms with E-state index < -0.39 is 0 Å². The predicted octanol–water partition coefficient (Wildman–Crippen LogP) is 3.33. The molecule has 3 nitrogen and oxygen atoms in total. The molecule has 1 saturated carbocycles. The van der Waals surface area contributed by atoms with E-state index in [4.69, 9.17) is 0 Å². The van der Waals surface area contributed by atoms with E-state index >= 15 is 0 Å². The number of hydrogen-bond donors (Lipinski definition) is 2.